The summed E-state index contributed by atoms with van der Waals surface area (Å²) >= 11 is 0. The van der Waals surface area contributed by atoms with Crippen LogP contribution in [-0.4, -0.2) is 25.4 Å². The molecule has 4 atom stereocenters. The molecule has 0 aromatic carbocycles. The van der Waals surface area contributed by atoms with Gasteiger partial charge in [-0.25, -0.2) is 0 Å². The molecule has 2 heteroatoms. The summed E-state index contributed by atoms with van der Waals surface area (Å²) in [6, 6.07) is 0. The van der Waals surface area contributed by atoms with Gasteiger partial charge in [-0.2, -0.15) is 0 Å². The summed E-state index contributed by atoms with van der Waals surface area (Å²) in [5.74, 6) is 1.79. The third kappa shape index (κ3) is 2.48. The molecule has 2 rings (SSSR count). The van der Waals surface area contributed by atoms with Crippen molar-refractivity contribution in [2.75, 3.05) is 13.2 Å². The summed E-state index contributed by atoms with van der Waals surface area (Å²) in [4.78, 5) is 0. The van der Waals surface area contributed by atoms with E-state index in [1.807, 2.05) is 0 Å². The highest BCUT2D eigenvalue weighted by Gasteiger charge is 2.30. The maximum absolute atomic E-state index is 5.59. The van der Waals surface area contributed by atoms with Gasteiger partial charge in [-0.05, 0) is 51.4 Å². The molecule has 2 fully saturated rings. The van der Waals surface area contributed by atoms with E-state index in [4.69, 9.17) is 9.47 Å². The average molecular weight is 198 g/mol. The molecule has 2 nitrogen and oxygen atoms in total. The van der Waals surface area contributed by atoms with Crippen LogP contribution >= 0.6 is 0 Å². The topological polar surface area (TPSA) is 18.5 Å². The number of hydrogen-bond donors (Lipinski definition) is 0. The van der Waals surface area contributed by atoms with Crippen molar-refractivity contribution < 1.29 is 9.47 Å². The lowest BCUT2D eigenvalue weighted by molar-refractivity contribution is -0.0529. The van der Waals surface area contributed by atoms with E-state index in [-0.39, 0.29) is 0 Å². The second kappa shape index (κ2) is 4.63. The standard InChI is InChI=1S/C12H22O2/c1-9-7-11(3-5-13-9)12-4-6-14-10(2)8-12/h9-12H,3-8H2,1-2H3. The summed E-state index contributed by atoms with van der Waals surface area (Å²) in [5, 5.41) is 0. The minimum absolute atomic E-state index is 0.479. The highest BCUT2D eigenvalue weighted by Crippen LogP contribution is 2.34. The summed E-state index contributed by atoms with van der Waals surface area (Å²) in [6.07, 6.45) is 6.01. The van der Waals surface area contributed by atoms with Crippen LogP contribution in [0.5, 0.6) is 0 Å². The van der Waals surface area contributed by atoms with E-state index in [9.17, 15) is 0 Å². The van der Waals surface area contributed by atoms with Crippen LogP contribution in [0, 0.1) is 11.8 Å². The first-order chi connectivity index (χ1) is 6.75. The van der Waals surface area contributed by atoms with Crippen LogP contribution in [0.15, 0.2) is 0 Å². The number of rotatable bonds is 1. The summed E-state index contributed by atoms with van der Waals surface area (Å²) < 4.78 is 11.2. The quantitative estimate of drug-likeness (QED) is 0.645. The van der Waals surface area contributed by atoms with Gasteiger partial charge in [0.2, 0.25) is 0 Å². The fraction of sp³-hybridized carbons (Fsp3) is 1.00. The van der Waals surface area contributed by atoms with E-state index in [1.165, 1.54) is 25.7 Å². The van der Waals surface area contributed by atoms with Gasteiger partial charge in [-0.15, -0.1) is 0 Å². The highest BCUT2D eigenvalue weighted by molar-refractivity contribution is 4.79. The van der Waals surface area contributed by atoms with Crippen molar-refractivity contribution in [2.45, 2.75) is 51.7 Å². The van der Waals surface area contributed by atoms with E-state index in [2.05, 4.69) is 13.8 Å². The minimum Gasteiger partial charge on any atom is -0.378 e. The van der Waals surface area contributed by atoms with Crippen molar-refractivity contribution in [1.29, 1.82) is 0 Å². The van der Waals surface area contributed by atoms with Gasteiger partial charge in [0.25, 0.3) is 0 Å². The summed E-state index contributed by atoms with van der Waals surface area (Å²) in [6.45, 7) is 6.35. The van der Waals surface area contributed by atoms with Crippen molar-refractivity contribution in [3.8, 4) is 0 Å². The normalized spacial score (nSPS) is 45.0. The number of hydrogen-bond acceptors (Lipinski definition) is 2. The first kappa shape index (κ1) is 10.4. The smallest absolute Gasteiger partial charge is 0.0549 e. The molecule has 0 amide bonds. The molecular formula is C12H22O2. The van der Waals surface area contributed by atoms with Gasteiger partial charge >= 0.3 is 0 Å². The molecule has 0 aliphatic carbocycles. The van der Waals surface area contributed by atoms with Gasteiger partial charge < -0.3 is 9.47 Å². The lowest BCUT2D eigenvalue weighted by Gasteiger charge is -2.37. The van der Waals surface area contributed by atoms with Crippen molar-refractivity contribution in [3.05, 3.63) is 0 Å². The molecule has 14 heavy (non-hydrogen) atoms. The molecule has 2 aliphatic rings. The number of ether oxygens (including phenoxy) is 2. The Morgan fingerprint density at radius 2 is 1.21 bits per heavy atom. The van der Waals surface area contributed by atoms with Crippen LogP contribution in [0.3, 0.4) is 0 Å². The molecule has 0 radical (unpaired) electrons. The minimum atomic E-state index is 0.479. The predicted octanol–water partition coefficient (Wildman–Crippen LogP) is 2.62. The SMILES string of the molecule is CC1CC(C2CCOC(C)C2)CCO1. The van der Waals surface area contributed by atoms with Gasteiger partial charge in [0, 0.05) is 13.2 Å². The highest BCUT2D eigenvalue weighted by atomic mass is 16.5. The molecule has 2 saturated heterocycles. The van der Waals surface area contributed by atoms with Crippen LogP contribution in [0.1, 0.15) is 39.5 Å². The maximum atomic E-state index is 5.59. The molecule has 0 N–H and O–H groups in total. The fourth-order valence-corrected chi connectivity index (χ4v) is 2.92. The van der Waals surface area contributed by atoms with E-state index >= 15 is 0 Å². The molecule has 0 aromatic rings. The molecule has 2 aliphatic heterocycles. The van der Waals surface area contributed by atoms with Crippen molar-refractivity contribution in [3.63, 3.8) is 0 Å². The van der Waals surface area contributed by atoms with Gasteiger partial charge in [-0.3, -0.25) is 0 Å². The third-order valence-corrected chi connectivity index (χ3v) is 3.72. The molecule has 4 unspecified atom stereocenters. The molecular weight excluding hydrogens is 176 g/mol. The predicted molar refractivity (Wildman–Crippen MR) is 56.3 cm³/mol. The zero-order valence-corrected chi connectivity index (χ0v) is 9.37. The Hall–Kier alpha value is -0.0800. The second-order valence-electron chi connectivity index (χ2n) is 4.93. The maximum Gasteiger partial charge on any atom is 0.0549 e. The zero-order chi connectivity index (χ0) is 9.97. The molecule has 0 saturated carbocycles. The fourth-order valence-electron chi connectivity index (χ4n) is 2.92. The van der Waals surface area contributed by atoms with Crippen LogP contribution < -0.4 is 0 Å². The first-order valence-corrected chi connectivity index (χ1v) is 5.99. The molecule has 82 valence electrons. The summed E-state index contributed by atoms with van der Waals surface area (Å²) in [5.41, 5.74) is 0. The third-order valence-electron chi connectivity index (χ3n) is 3.72. The van der Waals surface area contributed by atoms with Crippen LogP contribution in [-0.2, 0) is 9.47 Å². The average Bonchev–Trinajstić information content (AvgIpc) is 2.18. The lowest BCUT2D eigenvalue weighted by atomic mass is 9.78. The Labute approximate surface area is 87.0 Å². The molecule has 0 spiro atoms. The van der Waals surface area contributed by atoms with Gasteiger partial charge in [0.15, 0.2) is 0 Å². The van der Waals surface area contributed by atoms with Gasteiger partial charge in [0.1, 0.15) is 0 Å². The van der Waals surface area contributed by atoms with Crippen LogP contribution in [0.2, 0.25) is 0 Å². The largest absolute Gasteiger partial charge is 0.378 e. The monoisotopic (exact) mass is 198 g/mol. The first-order valence-electron chi connectivity index (χ1n) is 5.99. The van der Waals surface area contributed by atoms with Gasteiger partial charge in [0.05, 0.1) is 12.2 Å². The van der Waals surface area contributed by atoms with E-state index in [0.717, 1.165) is 25.0 Å². The Kier molecular flexibility index (Phi) is 3.45. The molecule has 2 heterocycles. The lowest BCUT2D eigenvalue weighted by Crippen LogP contribution is -2.33. The van der Waals surface area contributed by atoms with Crippen LogP contribution in [0.4, 0.5) is 0 Å². The van der Waals surface area contributed by atoms with Crippen LogP contribution in [0.25, 0.3) is 0 Å². The molecule has 0 aromatic heterocycles. The molecule has 0 bridgehead atoms. The van der Waals surface area contributed by atoms with E-state index in [0.29, 0.717) is 12.2 Å². The van der Waals surface area contributed by atoms with Crippen molar-refractivity contribution in [2.24, 2.45) is 11.8 Å². The Bertz CT molecular complexity index is 161. The summed E-state index contributed by atoms with van der Waals surface area (Å²) in [7, 11) is 0. The zero-order valence-electron chi connectivity index (χ0n) is 9.37. The van der Waals surface area contributed by atoms with E-state index in [1.54, 1.807) is 0 Å². The Balaban J connectivity index is 1.86. The Morgan fingerprint density at radius 1 is 0.786 bits per heavy atom. The second-order valence-corrected chi connectivity index (χ2v) is 4.93. The van der Waals surface area contributed by atoms with Crippen molar-refractivity contribution in [1.82, 2.24) is 0 Å². The van der Waals surface area contributed by atoms with E-state index < -0.39 is 0 Å². The van der Waals surface area contributed by atoms with Gasteiger partial charge in [-0.1, -0.05) is 0 Å². The van der Waals surface area contributed by atoms with Crippen molar-refractivity contribution >= 4 is 0 Å². The Morgan fingerprint density at radius 3 is 1.57 bits per heavy atom.